The lowest BCUT2D eigenvalue weighted by atomic mass is 10.00. The molecule has 1 aromatic carbocycles. The average molecular weight is 349 g/mol. The van der Waals surface area contributed by atoms with Gasteiger partial charge in [-0.05, 0) is 38.5 Å². The van der Waals surface area contributed by atoms with E-state index in [9.17, 15) is 27.9 Å². The molecule has 134 valence electrons. The van der Waals surface area contributed by atoms with Crippen LogP contribution in [0.3, 0.4) is 0 Å². The third-order valence-corrected chi connectivity index (χ3v) is 2.81. The van der Waals surface area contributed by atoms with E-state index in [4.69, 9.17) is 9.84 Å². The number of carboxylic acid groups (broad SMARTS) is 1. The number of aliphatic hydroxyl groups excluding tert-OH is 1. The monoisotopic (exact) mass is 349 g/mol. The van der Waals surface area contributed by atoms with Gasteiger partial charge in [0.25, 0.3) is 0 Å². The molecule has 0 aliphatic rings. The number of ether oxygens (including phenoxy) is 1. The molecule has 0 saturated carbocycles. The van der Waals surface area contributed by atoms with Crippen LogP contribution in [0.2, 0.25) is 0 Å². The van der Waals surface area contributed by atoms with Crippen LogP contribution in [0.15, 0.2) is 24.3 Å². The number of hydrogen-bond acceptors (Lipinski definition) is 4. The fourth-order valence-corrected chi connectivity index (χ4v) is 1.80. The predicted molar refractivity (Wildman–Crippen MR) is 77.2 cm³/mol. The topological polar surface area (TPSA) is 95.9 Å². The van der Waals surface area contributed by atoms with Crippen molar-refractivity contribution >= 4 is 12.1 Å². The molecular formula is C15H18F3NO5. The number of aliphatic hydroxyl groups is 1. The van der Waals surface area contributed by atoms with Gasteiger partial charge in [-0.3, -0.25) is 0 Å². The van der Waals surface area contributed by atoms with Crippen molar-refractivity contribution in [2.24, 2.45) is 0 Å². The van der Waals surface area contributed by atoms with E-state index in [2.05, 4.69) is 0 Å². The molecule has 1 aromatic rings. The largest absolute Gasteiger partial charge is 0.480 e. The zero-order valence-electron chi connectivity index (χ0n) is 13.2. The van der Waals surface area contributed by atoms with Gasteiger partial charge in [0, 0.05) is 0 Å². The van der Waals surface area contributed by atoms with E-state index in [1.807, 2.05) is 5.32 Å². The Morgan fingerprint density at radius 2 is 1.79 bits per heavy atom. The second kappa shape index (κ2) is 7.08. The van der Waals surface area contributed by atoms with Gasteiger partial charge in [0.05, 0.1) is 5.56 Å². The second-order valence-electron chi connectivity index (χ2n) is 6.03. The second-order valence-corrected chi connectivity index (χ2v) is 6.03. The maximum absolute atomic E-state index is 12.7. The Bertz CT molecular complexity index is 610. The van der Waals surface area contributed by atoms with Crippen LogP contribution in [-0.4, -0.2) is 33.9 Å². The molecule has 2 unspecified atom stereocenters. The number of hydrogen-bond donors (Lipinski definition) is 3. The summed E-state index contributed by atoms with van der Waals surface area (Å²) >= 11 is 0. The molecule has 0 spiro atoms. The summed E-state index contributed by atoms with van der Waals surface area (Å²) in [5.41, 5.74) is -2.25. The molecule has 0 bridgehead atoms. The number of alkyl carbamates (subject to hydrolysis) is 1. The third-order valence-electron chi connectivity index (χ3n) is 2.81. The van der Waals surface area contributed by atoms with Crippen molar-refractivity contribution in [3.8, 4) is 0 Å². The molecule has 1 amide bonds. The summed E-state index contributed by atoms with van der Waals surface area (Å²) in [6.07, 6.45) is -7.65. The molecule has 6 nitrogen and oxygen atoms in total. The fraction of sp³-hybridized carbons (Fsp3) is 0.467. The van der Waals surface area contributed by atoms with Gasteiger partial charge in [-0.15, -0.1) is 0 Å². The molecule has 0 heterocycles. The Kier molecular flexibility index (Phi) is 5.83. The number of carbonyl (C=O) groups is 2. The lowest BCUT2D eigenvalue weighted by molar-refractivity contribution is -0.142. The van der Waals surface area contributed by atoms with Crippen LogP contribution in [0.25, 0.3) is 0 Å². The van der Waals surface area contributed by atoms with Crippen LogP contribution in [0, 0.1) is 0 Å². The zero-order valence-corrected chi connectivity index (χ0v) is 13.2. The summed E-state index contributed by atoms with van der Waals surface area (Å²) in [7, 11) is 0. The summed E-state index contributed by atoms with van der Waals surface area (Å²) in [5, 5.41) is 21.1. The van der Waals surface area contributed by atoms with E-state index in [0.29, 0.717) is 6.07 Å². The predicted octanol–water partition coefficient (Wildman–Crippen LogP) is 2.72. The molecule has 1 rings (SSSR count). The molecule has 0 saturated heterocycles. The first-order valence-corrected chi connectivity index (χ1v) is 6.89. The van der Waals surface area contributed by atoms with Gasteiger partial charge in [0.15, 0.2) is 6.04 Å². The van der Waals surface area contributed by atoms with Crippen LogP contribution in [0.5, 0.6) is 0 Å². The maximum atomic E-state index is 12.7. The quantitative estimate of drug-likeness (QED) is 0.777. The summed E-state index contributed by atoms with van der Waals surface area (Å²) < 4.78 is 43.0. The van der Waals surface area contributed by atoms with E-state index in [0.717, 1.165) is 18.2 Å². The van der Waals surface area contributed by atoms with E-state index in [-0.39, 0.29) is 5.56 Å². The number of carboxylic acids is 1. The summed E-state index contributed by atoms with van der Waals surface area (Å²) in [4.78, 5) is 22.9. The first kappa shape index (κ1) is 19.8. The Balaban J connectivity index is 3.01. The molecule has 0 aliphatic heterocycles. The van der Waals surface area contributed by atoms with Crippen molar-refractivity contribution in [1.82, 2.24) is 5.32 Å². The lowest BCUT2D eigenvalue weighted by Crippen LogP contribution is -2.46. The van der Waals surface area contributed by atoms with Crippen molar-refractivity contribution < 1.29 is 37.7 Å². The number of rotatable bonds is 4. The zero-order chi connectivity index (χ0) is 18.7. The molecule has 24 heavy (non-hydrogen) atoms. The normalized spacial score (nSPS) is 14.6. The van der Waals surface area contributed by atoms with Gasteiger partial charge in [0.1, 0.15) is 11.7 Å². The van der Waals surface area contributed by atoms with Crippen LogP contribution in [-0.2, 0) is 15.7 Å². The smallest absolute Gasteiger partial charge is 0.416 e. The number of alkyl halides is 3. The van der Waals surface area contributed by atoms with E-state index in [1.54, 1.807) is 20.8 Å². The molecule has 0 radical (unpaired) electrons. The van der Waals surface area contributed by atoms with Gasteiger partial charge >= 0.3 is 18.2 Å². The van der Waals surface area contributed by atoms with Gasteiger partial charge in [-0.1, -0.05) is 12.1 Å². The van der Waals surface area contributed by atoms with Crippen LogP contribution in [0.4, 0.5) is 18.0 Å². The van der Waals surface area contributed by atoms with Crippen molar-refractivity contribution in [2.45, 2.75) is 44.7 Å². The van der Waals surface area contributed by atoms with Gasteiger partial charge in [0.2, 0.25) is 0 Å². The summed E-state index contributed by atoms with van der Waals surface area (Å²) in [6.45, 7) is 4.64. The molecule has 2 atom stereocenters. The van der Waals surface area contributed by atoms with Gasteiger partial charge in [-0.25, -0.2) is 9.59 Å². The molecule has 0 aromatic heterocycles. The minimum Gasteiger partial charge on any atom is -0.480 e. The first-order chi connectivity index (χ1) is 10.8. The highest BCUT2D eigenvalue weighted by Crippen LogP contribution is 2.31. The van der Waals surface area contributed by atoms with Crippen molar-refractivity contribution in [2.75, 3.05) is 0 Å². The lowest BCUT2D eigenvalue weighted by Gasteiger charge is -2.24. The molecule has 0 fully saturated rings. The third kappa shape index (κ3) is 5.73. The Morgan fingerprint density at radius 1 is 1.21 bits per heavy atom. The number of amides is 1. The molecule has 0 aliphatic carbocycles. The average Bonchev–Trinajstić information content (AvgIpc) is 2.41. The Labute approximate surface area is 136 Å². The number of benzene rings is 1. The standard InChI is InChI=1S/C15H18F3NO5/c1-14(2,3)24-13(23)19-10(12(21)22)11(20)8-5-4-6-9(7-8)15(16,17)18/h4-7,10-11,20H,1-3H3,(H,19,23)(H,21,22). The summed E-state index contributed by atoms with van der Waals surface area (Å²) in [5.74, 6) is -1.62. The minimum absolute atomic E-state index is 0.298. The fourth-order valence-electron chi connectivity index (χ4n) is 1.80. The van der Waals surface area contributed by atoms with Crippen molar-refractivity contribution in [3.05, 3.63) is 35.4 Å². The highest BCUT2D eigenvalue weighted by Gasteiger charge is 2.34. The molecule has 3 N–H and O–H groups in total. The summed E-state index contributed by atoms with van der Waals surface area (Å²) in [6, 6.07) is 1.70. The van der Waals surface area contributed by atoms with Crippen molar-refractivity contribution in [3.63, 3.8) is 0 Å². The minimum atomic E-state index is -4.65. The van der Waals surface area contributed by atoms with Crippen LogP contribution in [0.1, 0.15) is 38.0 Å². The maximum Gasteiger partial charge on any atom is 0.416 e. The van der Waals surface area contributed by atoms with E-state index >= 15 is 0 Å². The first-order valence-electron chi connectivity index (χ1n) is 6.89. The SMILES string of the molecule is CC(C)(C)OC(=O)NC(C(=O)O)C(O)c1cccc(C(F)(F)F)c1. The van der Waals surface area contributed by atoms with Crippen LogP contribution < -0.4 is 5.32 Å². The molecular weight excluding hydrogens is 331 g/mol. The Hall–Kier alpha value is -2.29. The van der Waals surface area contributed by atoms with Gasteiger partial charge < -0.3 is 20.3 Å². The number of carbonyl (C=O) groups excluding carboxylic acids is 1. The van der Waals surface area contributed by atoms with Crippen molar-refractivity contribution in [1.29, 1.82) is 0 Å². The van der Waals surface area contributed by atoms with Crippen LogP contribution >= 0.6 is 0 Å². The number of aliphatic carboxylic acids is 1. The van der Waals surface area contributed by atoms with E-state index in [1.165, 1.54) is 0 Å². The number of nitrogens with one attached hydrogen (secondary N) is 1. The van der Waals surface area contributed by atoms with Gasteiger partial charge in [-0.2, -0.15) is 13.2 Å². The highest BCUT2D eigenvalue weighted by atomic mass is 19.4. The Morgan fingerprint density at radius 3 is 2.25 bits per heavy atom. The highest BCUT2D eigenvalue weighted by molar-refractivity contribution is 5.80. The number of halogens is 3. The van der Waals surface area contributed by atoms with E-state index < -0.39 is 41.5 Å². The molecule has 9 heteroatoms.